The van der Waals surface area contributed by atoms with Crippen LogP contribution in [0.1, 0.15) is 44.2 Å². The molecular formula is C18H30ClNO2. The van der Waals surface area contributed by atoms with E-state index in [0.29, 0.717) is 25.2 Å². The molecule has 126 valence electrons. The molecule has 0 aromatic heterocycles. The molecule has 1 saturated heterocycles. The largest absolute Gasteiger partial charge is 0.491 e. The first-order valence-electron chi connectivity index (χ1n) is 8.11. The van der Waals surface area contributed by atoms with Crippen LogP contribution < -0.4 is 4.74 Å². The lowest BCUT2D eigenvalue weighted by Gasteiger charge is -2.40. The molecule has 1 aliphatic heterocycles. The number of aliphatic hydroxyl groups excluding tert-OH is 1. The first-order chi connectivity index (χ1) is 9.97. The number of benzene rings is 1. The normalized spacial score (nSPS) is 23.7. The summed E-state index contributed by atoms with van der Waals surface area (Å²) in [5.41, 5.74) is 2.36. The second-order valence-electron chi connectivity index (χ2n) is 6.56. The van der Waals surface area contributed by atoms with Crippen LogP contribution in [0.15, 0.2) is 18.2 Å². The van der Waals surface area contributed by atoms with E-state index in [1.165, 1.54) is 24.8 Å². The zero-order valence-corrected chi connectivity index (χ0v) is 15.0. The van der Waals surface area contributed by atoms with Crippen molar-refractivity contribution >= 4 is 12.4 Å². The Morgan fingerprint density at radius 3 is 2.45 bits per heavy atom. The fraction of sp³-hybridized carbons (Fsp3) is 0.667. The lowest BCUT2D eigenvalue weighted by Crippen LogP contribution is -2.48. The third kappa shape index (κ3) is 5.15. The lowest BCUT2D eigenvalue weighted by atomic mass is 9.97. The van der Waals surface area contributed by atoms with Crippen molar-refractivity contribution in [2.75, 3.05) is 13.2 Å². The third-order valence-electron chi connectivity index (χ3n) is 4.56. The standard InChI is InChI=1S/C18H29NO2.ClH/c1-13-8-9-18(14(2)10-13)21-12-17(20)11-19-15(3)6-5-7-16(19)4;/h8-10,15-17,20H,5-7,11-12H2,1-4H3;1H. The molecular weight excluding hydrogens is 298 g/mol. The second-order valence-corrected chi connectivity index (χ2v) is 6.56. The van der Waals surface area contributed by atoms with E-state index >= 15 is 0 Å². The number of rotatable bonds is 5. The Kier molecular flexibility index (Phi) is 7.67. The van der Waals surface area contributed by atoms with Gasteiger partial charge in [0.05, 0.1) is 0 Å². The fourth-order valence-electron chi connectivity index (χ4n) is 3.28. The number of ether oxygens (including phenoxy) is 1. The molecule has 3 atom stereocenters. The van der Waals surface area contributed by atoms with Crippen LogP contribution in [0.3, 0.4) is 0 Å². The number of β-amino-alcohol motifs (C(OH)–C–C–N with tert-alkyl or cyclic N) is 1. The molecule has 1 fully saturated rings. The van der Waals surface area contributed by atoms with Crippen LogP contribution in [0, 0.1) is 13.8 Å². The number of likely N-dealkylation sites (tertiary alicyclic amines) is 1. The first-order valence-corrected chi connectivity index (χ1v) is 8.11. The summed E-state index contributed by atoms with van der Waals surface area (Å²) >= 11 is 0. The molecule has 3 nitrogen and oxygen atoms in total. The van der Waals surface area contributed by atoms with Crippen molar-refractivity contribution in [3.63, 3.8) is 0 Å². The van der Waals surface area contributed by atoms with Crippen molar-refractivity contribution in [2.24, 2.45) is 0 Å². The maximum Gasteiger partial charge on any atom is 0.122 e. The van der Waals surface area contributed by atoms with Gasteiger partial charge in [-0.2, -0.15) is 0 Å². The highest BCUT2D eigenvalue weighted by Crippen LogP contribution is 2.23. The number of piperidine rings is 1. The van der Waals surface area contributed by atoms with E-state index in [-0.39, 0.29) is 12.4 Å². The van der Waals surface area contributed by atoms with Crippen LogP contribution in [-0.2, 0) is 0 Å². The maximum atomic E-state index is 10.3. The molecule has 1 N–H and O–H groups in total. The summed E-state index contributed by atoms with van der Waals surface area (Å²) in [6, 6.07) is 7.26. The van der Waals surface area contributed by atoms with Gasteiger partial charge in [-0.1, -0.05) is 24.1 Å². The minimum atomic E-state index is -0.436. The van der Waals surface area contributed by atoms with E-state index in [9.17, 15) is 5.11 Å². The highest BCUT2D eigenvalue weighted by molar-refractivity contribution is 5.85. The lowest BCUT2D eigenvalue weighted by molar-refractivity contribution is 0.0208. The molecule has 0 radical (unpaired) electrons. The van der Waals surface area contributed by atoms with Gasteiger partial charge in [0.1, 0.15) is 18.5 Å². The maximum absolute atomic E-state index is 10.3. The van der Waals surface area contributed by atoms with Gasteiger partial charge in [-0.25, -0.2) is 0 Å². The number of nitrogens with zero attached hydrogens (tertiary/aromatic N) is 1. The Bertz CT molecular complexity index is 456. The minimum Gasteiger partial charge on any atom is -0.491 e. The van der Waals surface area contributed by atoms with Crippen LogP contribution in [0.25, 0.3) is 0 Å². The Morgan fingerprint density at radius 2 is 1.86 bits per heavy atom. The van der Waals surface area contributed by atoms with Gasteiger partial charge in [-0.3, -0.25) is 4.90 Å². The molecule has 1 aliphatic rings. The highest BCUT2D eigenvalue weighted by Gasteiger charge is 2.26. The average Bonchev–Trinajstić information content (AvgIpc) is 2.42. The fourth-order valence-corrected chi connectivity index (χ4v) is 3.28. The van der Waals surface area contributed by atoms with Gasteiger partial charge in [-0.05, 0) is 52.2 Å². The van der Waals surface area contributed by atoms with Gasteiger partial charge in [-0.15, -0.1) is 12.4 Å². The van der Waals surface area contributed by atoms with Gasteiger partial charge in [0.15, 0.2) is 0 Å². The number of halogens is 1. The van der Waals surface area contributed by atoms with Crippen LogP contribution in [0.4, 0.5) is 0 Å². The molecule has 0 amide bonds. The van der Waals surface area contributed by atoms with Gasteiger partial charge < -0.3 is 9.84 Å². The van der Waals surface area contributed by atoms with Gasteiger partial charge in [0.2, 0.25) is 0 Å². The SMILES string of the molecule is Cc1ccc(OCC(O)CN2C(C)CCCC2C)c(C)c1.Cl. The predicted molar refractivity (Wildman–Crippen MR) is 94.1 cm³/mol. The van der Waals surface area contributed by atoms with Gasteiger partial charge in [0, 0.05) is 18.6 Å². The van der Waals surface area contributed by atoms with E-state index in [1.807, 2.05) is 19.1 Å². The van der Waals surface area contributed by atoms with Crippen molar-refractivity contribution in [2.45, 2.75) is 65.1 Å². The number of aliphatic hydroxyl groups is 1. The second kappa shape index (κ2) is 8.76. The average molecular weight is 328 g/mol. The Hall–Kier alpha value is -0.770. The molecule has 1 aromatic carbocycles. The summed E-state index contributed by atoms with van der Waals surface area (Å²) in [5.74, 6) is 0.874. The van der Waals surface area contributed by atoms with Crippen LogP contribution in [0.5, 0.6) is 5.75 Å². The van der Waals surface area contributed by atoms with Crippen molar-refractivity contribution in [3.05, 3.63) is 29.3 Å². The van der Waals surface area contributed by atoms with E-state index in [4.69, 9.17) is 4.74 Å². The van der Waals surface area contributed by atoms with E-state index in [0.717, 1.165) is 11.3 Å². The van der Waals surface area contributed by atoms with Crippen molar-refractivity contribution in [1.29, 1.82) is 0 Å². The van der Waals surface area contributed by atoms with Crippen LogP contribution in [-0.4, -0.2) is 41.3 Å². The molecule has 1 aromatic rings. The Morgan fingerprint density at radius 1 is 1.23 bits per heavy atom. The number of aryl methyl sites for hydroxylation is 2. The molecule has 3 unspecified atom stereocenters. The molecule has 0 aliphatic carbocycles. The molecule has 1 heterocycles. The number of hydrogen-bond acceptors (Lipinski definition) is 3. The van der Waals surface area contributed by atoms with Crippen molar-refractivity contribution in [1.82, 2.24) is 4.90 Å². The molecule has 0 bridgehead atoms. The monoisotopic (exact) mass is 327 g/mol. The van der Waals surface area contributed by atoms with Crippen molar-refractivity contribution in [3.8, 4) is 5.75 Å². The Balaban J connectivity index is 0.00000242. The topological polar surface area (TPSA) is 32.7 Å². The quantitative estimate of drug-likeness (QED) is 0.894. The van der Waals surface area contributed by atoms with E-state index in [1.54, 1.807) is 0 Å². The first kappa shape index (κ1) is 19.3. The molecule has 4 heteroatoms. The highest BCUT2D eigenvalue weighted by atomic mass is 35.5. The summed E-state index contributed by atoms with van der Waals surface area (Å²) in [7, 11) is 0. The predicted octanol–water partition coefficient (Wildman–Crippen LogP) is 3.73. The van der Waals surface area contributed by atoms with E-state index < -0.39 is 6.10 Å². The molecule has 0 spiro atoms. The van der Waals surface area contributed by atoms with E-state index in [2.05, 4.69) is 31.7 Å². The summed E-state index contributed by atoms with van der Waals surface area (Å²) in [5, 5.41) is 10.3. The molecule has 2 rings (SSSR count). The third-order valence-corrected chi connectivity index (χ3v) is 4.56. The minimum absolute atomic E-state index is 0. The van der Waals surface area contributed by atoms with Crippen molar-refractivity contribution < 1.29 is 9.84 Å². The zero-order valence-electron chi connectivity index (χ0n) is 14.2. The van der Waals surface area contributed by atoms with Crippen LogP contribution >= 0.6 is 12.4 Å². The van der Waals surface area contributed by atoms with Crippen LogP contribution in [0.2, 0.25) is 0 Å². The summed E-state index contributed by atoms with van der Waals surface area (Å²) in [6.45, 7) is 9.70. The Labute approximate surface area is 141 Å². The molecule has 22 heavy (non-hydrogen) atoms. The summed E-state index contributed by atoms with van der Waals surface area (Å²) in [4.78, 5) is 2.42. The van der Waals surface area contributed by atoms with Gasteiger partial charge in [0.25, 0.3) is 0 Å². The summed E-state index contributed by atoms with van der Waals surface area (Å²) < 4.78 is 5.79. The summed E-state index contributed by atoms with van der Waals surface area (Å²) in [6.07, 6.45) is 3.33. The number of hydrogen-bond donors (Lipinski definition) is 1. The smallest absolute Gasteiger partial charge is 0.122 e. The zero-order chi connectivity index (χ0) is 15.4. The molecule has 0 saturated carbocycles. The van der Waals surface area contributed by atoms with Gasteiger partial charge >= 0.3 is 0 Å².